The number of aromatic nitrogens is 1. The monoisotopic (exact) mass is 408 g/mol. The Hall–Kier alpha value is -2.67. The van der Waals surface area contributed by atoms with Crippen molar-refractivity contribution in [3.8, 4) is 22.8 Å². The predicted molar refractivity (Wildman–Crippen MR) is 117 cm³/mol. The summed E-state index contributed by atoms with van der Waals surface area (Å²) in [7, 11) is 3.33. The van der Waals surface area contributed by atoms with Gasteiger partial charge in [0.1, 0.15) is 18.5 Å². The molecule has 0 radical (unpaired) electrons. The molecule has 6 heteroatoms. The van der Waals surface area contributed by atoms with Crippen LogP contribution in [0.15, 0.2) is 54.7 Å². The van der Waals surface area contributed by atoms with E-state index >= 15 is 0 Å². The highest BCUT2D eigenvalue weighted by Gasteiger charge is 2.39. The third-order valence-corrected chi connectivity index (χ3v) is 5.63. The summed E-state index contributed by atoms with van der Waals surface area (Å²) in [5.41, 5.74) is 1.80. The lowest BCUT2D eigenvalue weighted by atomic mass is 9.96. The van der Waals surface area contributed by atoms with E-state index < -0.39 is 6.10 Å². The smallest absolute Gasteiger partial charge is 0.212 e. The number of nitrogens with zero attached hydrogens (tertiary/aromatic N) is 2. The standard InChI is InChI=1S/C24H28N2O4/c1-24(29-3)15-26(16-24)13-19(27)14-30-21-10-8-17-6-4-5-7-20(17)23(21)18-9-11-22(28-2)25-12-18/h4-12,19,27H,13-16H2,1-3H3. The van der Waals surface area contributed by atoms with Gasteiger partial charge in [0.15, 0.2) is 0 Å². The molecular formula is C24H28N2O4. The number of likely N-dealkylation sites (tertiary alicyclic amines) is 1. The molecule has 1 unspecified atom stereocenters. The number of methoxy groups -OCH3 is 2. The van der Waals surface area contributed by atoms with Crippen LogP contribution in [0.25, 0.3) is 21.9 Å². The first kappa shape index (κ1) is 20.6. The fourth-order valence-electron chi connectivity index (χ4n) is 4.01. The highest BCUT2D eigenvalue weighted by atomic mass is 16.5. The Bertz CT molecular complexity index is 1000. The highest BCUT2D eigenvalue weighted by Crippen LogP contribution is 2.37. The average Bonchev–Trinajstić information content (AvgIpc) is 2.76. The van der Waals surface area contributed by atoms with Gasteiger partial charge in [0.2, 0.25) is 5.88 Å². The molecule has 0 saturated carbocycles. The largest absolute Gasteiger partial charge is 0.490 e. The van der Waals surface area contributed by atoms with Crippen molar-refractivity contribution >= 4 is 10.8 Å². The Morgan fingerprint density at radius 1 is 1.10 bits per heavy atom. The maximum absolute atomic E-state index is 10.5. The summed E-state index contributed by atoms with van der Waals surface area (Å²) < 4.78 is 16.8. The molecule has 6 nitrogen and oxygen atoms in total. The number of rotatable bonds is 8. The van der Waals surface area contributed by atoms with Crippen molar-refractivity contribution in [2.24, 2.45) is 0 Å². The summed E-state index contributed by atoms with van der Waals surface area (Å²) in [6.07, 6.45) is 1.20. The molecule has 1 fully saturated rings. The number of β-amino-alcohol motifs (C(OH)–C–C–N with tert-alkyl or cyclic N) is 1. The SMILES string of the molecule is COc1ccc(-c2c(OCC(O)CN3CC(C)(OC)C3)ccc3ccccc23)cn1. The Kier molecular flexibility index (Phi) is 5.90. The number of hydrogen-bond acceptors (Lipinski definition) is 6. The first-order chi connectivity index (χ1) is 14.5. The van der Waals surface area contributed by atoms with Crippen molar-refractivity contribution in [2.75, 3.05) is 40.5 Å². The zero-order valence-electron chi connectivity index (χ0n) is 17.7. The van der Waals surface area contributed by atoms with Crippen LogP contribution in [-0.2, 0) is 4.74 Å². The minimum absolute atomic E-state index is 0.104. The van der Waals surface area contributed by atoms with Crippen molar-refractivity contribution < 1.29 is 19.3 Å². The fraction of sp³-hybridized carbons (Fsp3) is 0.375. The molecule has 1 N–H and O–H groups in total. The second kappa shape index (κ2) is 8.60. The number of ether oxygens (including phenoxy) is 3. The average molecular weight is 408 g/mol. The third kappa shape index (κ3) is 4.26. The molecule has 3 aromatic rings. The van der Waals surface area contributed by atoms with Gasteiger partial charge in [-0.25, -0.2) is 4.98 Å². The van der Waals surface area contributed by atoms with Crippen LogP contribution in [0, 0.1) is 0 Å². The van der Waals surface area contributed by atoms with Crippen molar-refractivity contribution in [3.63, 3.8) is 0 Å². The van der Waals surface area contributed by atoms with E-state index in [1.807, 2.05) is 36.4 Å². The number of hydrogen-bond donors (Lipinski definition) is 1. The summed E-state index contributed by atoms with van der Waals surface area (Å²) >= 11 is 0. The number of fused-ring (bicyclic) bond motifs is 1. The summed E-state index contributed by atoms with van der Waals surface area (Å²) in [5.74, 6) is 1.29. The van der Waals surface area contributed by atoms with E-state index in [1.165, 1.54) is 0 Å². The van der Waals surface area contributed by atoms with E-state index in [9.17, 15) is 5.11 Å². The second-order valence-electron chi connectivity index (χ2n) is 8.04. The van der Waals surface area contributed by atoms with Crippen LogP contribution >= 0.6 is 0 Å². The zero-order valence-corrected chi connectivity index (χ0v) is 17.7. The van der Waals surface area contributed by atoms with Gasteiger partial charge in [0, 0.05) is 50.1 Å². The third-order valence-electron chi connectivity index (χ3n) is 5.63. The lowest BCUT2D eigenvalue weighted by Crippen LogP contribution is -2.62. The van der Waals surface area contributed by atoms with Crippen LogP contribution in [0.1, 0.15) is 6.92 Å². The summed E-state index contributed by atoms with van der Waals surface area (Å²) in [6, 6.07) is 16.0. The molecule has 1 aromatic heterocycles. The van der Waals surface area contributed by atoms with Gasteiger partial charge < -0.3 is 19.3 Å². The van der Waals surface area contributed by atoms with Crippen LogP contribution in [-0.4, -0.2) is 67.2 Å². The van der Waals surface area contributed by atoms with E-state index in [0.717, 1.165) is 40.7 Å². The van der Waals surface area contributed by atoms with Crippen molar-refractivity contribution in [1.29, 1.82) is 0 Å². The van der Waals surface area contributed by atoms with Crippen LogP contribution in [0.4, 0.5) is 0 Å². The molecule has 1 aliphatic rings. The molecule has 0 spiro atoms. The fourth-order valence-corrected chi connectivity index (χ4v) is 4.01. The van der Waals surface area contributed by atoms with Gasteiger partial charge in [-0.05, 0) is 29.8 Å². The molecule has 1 atom stereocenters. The summed E-state index contributed by atoms with van der Waals surface area (Å²) in [4.78, 5) is 6.52. The Morgan fingerprint density at radius 3 is 2.60 bits per heavy atom. The second-order valence-corrected chi connectivity index (χ2v) is 8.04. The Morgan fingerprint density at radius 2 is 1.90 bits per heavy atom. The van der Waals surface area contributed by atoms with Gasteiger partial charge in [-0.3, -0.25) is 4.90 Å². The first-order valence-corrected chi connectivity index (χ1v) is 10.1. The van der Waals surface area contributed by atoms with Gasteiger partial charge in [-0.1, -0.05) is 30.3 Å². The minimum Gasteiger partial charge on any atom is -0.490 e. The van der Waals surface area contributed by atoms with Gasteiger partial charge >= 0.3 is 0 Å². The lowest BCUT2D eigenvalue weighted by molar-refractivity contribution is -0.121. The number of pyridine rings is 1. The van der Waals surface area contributed by atoms with E-state index in [4.69, 9.17) is 14.2 Å². The number of aliphatic hydroxyl groups is 1. The molecule has 0 bridgehead atoms. The van der Waals surface area contributed by atoms with Gasteiger partial charge in [-0.2, -0.15) is 0 Å². The number of benzene rings is 2. The zero-order chi connectivity index (χ0) is 21.1. The van der Waals surface area contributed by atoms with E-state index in [-0.39, 0.29) is 12.2 Å². The predicted octanol–water partition coefficient (Wildman–Crippen LogP) is 3.37. The molecule has 0 amide bonds. The Balaban J connectivity index is 1.53. The molecule has 0 aliphatic carbocycles. The summed E-state index contributed by atoms with van der Waals surface area (Å²) in [5, 5.41) is 12.7. The lowest BCUT2D eigenvalue weighted by Gasteiger charge is -2.47. The maximum Gasteiger partial charge on any atom is 0.212 e. The van der Waals surface area contributed by atoms with Crippen LogP contribution in [0.5, 0.6) is 11.6 Å². The van der Waals surface area contributed by atoms with E-state index in [1.54, 1.807) is 20.4 Å². The van der Waals surface area contributed by atoms with E-state index in [2.05, 4.69) is 28.9 Å². The van der Waals surface area contributed by atoms with Crippen molar-refractivity contribution in [1.82, 2.24) is 9.88 Å². The molecule has 2 aromatic carbocycles. The molecule has 158 valence electrons. The van der Waals surface area contributed by atoms with E-state index in [0.29, 0.717) is 12.4 Å². The quantitative estimate of drug-likeness (QED) is 0.617. The van der Waals surface area contributed by atoms with Gasteiger partial charge in [-0.15, -0.1) is 0 Å². The minimum atomic E-state index is -0.584. The Labute approximate surface area is 177 Å². The molecule has 2 heterocycles. The van der Waals surface area contributed by atoms with Crippen molar-refractivity contribution in [3.05, 3.63) is 54.7 Å². The summed E-state index contributed by atoms with van der Waals surface area (Å²) in [6.45, 7) is 4.50. The molecule has 1 aliphatic heterocycles. The molecule has 1 saturated heterocycles. The highest BCUT2D eigenvalue weighted by molar-refractivity contribution is 5.99. The normalized spacial score (nSPS) is 16.8. The van der Waals surface area contributed by atoms with Crippen LogP contribution < -0.4 is 9.47 Å². The number of aliphatic hydroxyl groups excluding tert-OH is 1. The molecule has 4 rings (SSSR count). The maximum atomic E-state index is 10.5. The van der Waals surface area contributed by atoms with Crippen LogP contribution in [0.3, 0.4) is 0 Å². The first-order valence-electron chi connectivity index (χ1n) is 10.1. The van der Waals surface area contributed by atoms with Crippen LogP contribution in [0.2, 0.25) is 0 Å². The molecular weight excluding hydrogens is 380 g/mol. The van der Waals surface area contributed by atoms with Crippen molar-refractivity contribution in [2.45, 2.75) is 18.6 Å². The molecule has 30 heavy (non-hydrogen) atoms. The van der Waals surface area contributed by atoms with Gasteiger partial charge in [0.25, 0.3) is 0 Å². The topological polar surface area (TPSA) is 64.0 Å². The van der Waals surface area contributed by atoms with Gasteiger partial charge in [0.05, 0.1) is 12.7 Å².